The van der Waals surface area contributed by atoms with E-state index in [9.17, 15) is 9.59 Å². The lowest BCUT2D eigenvalue weighted by molar-refractivity contribution is -0.111. The minimum Gasteiger partial charge on any atom is -0.285 e. The molecule has 0 saturated heterocycles. The molecular weight excluding hydrogens is 304 g/mol. The number of carbonyl (C=O) groups is 2. The minimum atomic E-state index is -0.577. The van der Waals surface area contributed by atoms with E-state index >= 15 is 0 Å². The van der Waals surface area contributed by atoms with E-state index in [0.717, 1.165) is 5.56 Å². The normalized spacial score (nSPS) is 11.1. The maximum atomic E-state index is 11.9. The molecule has 1 aromatic carbocycles. The molecule has 0 bridgehead atoms. The second kappa shape index (κ2) is 7.64. The van der Waals surface area contributed by atoms with Gasteiger partial charge >= 0.3 is 0 Å². The predicted molar refractivity (Wildman–Crippen MR) is 81.5 cm³/mol. The summed E-state index contributed by atoms with van der Waals surface area (Å²) in [6.07, 6.45) is 6.82. The van der Waals surface area contributed by atoms with Crippen LogP contribution in [-0.2, 0) is 10.1 Å². The van der Waals surface area contributed by atoms with Gasteiger partial charge in [-0.2, -0.15) is 0 Å². The molecule has 0 heterocycles. The van der Waals surface area contributed by atoms with E-state index in [4.69, 9.17) is 0 Å². The SMILES string of the molecule is C=C(/C=C\C=C/C)C(=O)C(=O)c1ccc(CBr)cc1. The maximum absolute atomic E-state index is 11.9. The van der Waals surface area contributed by atoms with Gasteiger partial charge in [0.2, 0.25) is 11.6 Å². The van der Waals surface area contributed by atoms with Gasteiger partial charge < -0.3 is 0 Å². The van der Waals surface area contributed by atoms with Gasteiger partial charge in [-0.15, -0.1) is 0 Å². The van der Waals surface area contributed by atoms with Crippen LogP contribution in [0, 0.1) is 0 Å². The monoisotopic (exact) mass is 318 g/mol. The Morgan fingerprint density at radius 2 is 1.84 bits per heavy atom. The van der Waals surface area contributed by atoms with E-state index in [1.165, 1.54) is 6.08 Å². The van der Waals surface area contributed by atoms with E-state index in [2.05, 4.69) is 22.5 Å². The summed E-state index contributed by atoms with van der Waals surface area (Å²) < 4.78 is 0. The largest absolute Gasteiger partial charge is 0.285 e. The molecule has 19 heavy (non-hydrogen) atoms. The average molecular weight is 319 g/mol. The summed E-state index contributed by atoms with van der Waals surface area (Å²) in [6.45, 7) is 5.47. The molecule has 0 saturated carbocycles. The fraction of sp³-hybridized carbons (Fsp3) is 0.125. The summed E-state index contributed by atoms with van der Waals surface area (Å²) in [5.41, 5.74) is 1.62. The Labute approximate surface area is 121 Å². The van der Waals surface area contributed by atoms with E-state index in [0.29, 0.717) is 10.9 Å². The molecule has 1 aromatic rings. The number of halogens is 1. The van der Waals surface area contributed by atoms with Gasteiger partial charge in [0.25, 0.3) is 0 Å². The van der Waals surface area contributed by atoms with Gasteiger partial charge in [0.05, 0.1) is 0 Å². The molecule has 0 fully saturated rings. The third kappa shape index (κ3) is 4.45. The zero-order chi connectivity index (χ0) is 14.3. The standard InChI is InChI=1S/C16H15BrO2/c1-3-4-5-6-12(2)15(18)16(19)14-9-7-13(11-17)8-10-14/h3-10H,2,11H2,1H3/b4-3-,6-5-. The van der Waals surface area contributed by atoms with Crippen LogP contribution in [0.4, 0.5) is 0 Å². The van der Waals surface area contributed by atoms with Crippen LogP contribution < -0.4 is 0 Å². The highest BCUT2D eigenvalue weighted by molar-refractivity contribution is 9.08. The molecule has 1 rings (SSSR count). The Morgan fingerprint density at radius 1 is 1.21 bits per heavy atom. The van der Waals surface area contributed by atoms with Crippen LogP contribution in [0.5, 0.6) is 0 Å². The molecule has 3 heteroatoms. The van der Waals surface area contributed by atoms with Crippen LogP contribution in [0.3, 0.4) is 0 Å². The number of alkyl halides is 1. The van der Waals surface area contributed by atoms with Crippen molar-refractivity contribution < 1.29 is 9.59 Å². The molecule has 0 aliphatic carbocycles. The number of ketones is 2. The van der Waals surface area contributed by atoms with Gasteiger partial charge in [0.1, 0.15) is 0 Å². The van der Waals surface area contributed by atoms with Crippen LogP contribution in [0.2, 0.25) is 0 Å². The van der Waals surface area contributed by atoms with Gasteiger partial charge in [0.15, 0.2) is 0 Å². The topological polar surface area (TPSA) is 34.1 Å². The van der Waals surface area contributed by atoms with Crippen molar-refractivity contribution in [3.8, 4) is 0 Å². The van der Waals surface area contributed by atoms with Crippen molar-refractivity contribution in [3.63, 3.8) is 0 Å². The van der Waals surface area contributed by atoms with Crippen molar-refractivity contribution in [2.45, 2.75) is 12.3 Å². The summed E-state index contributed by atoms with van der Waals surface area (Å²) in [5, 5.41) is 0.716. The molecule has 98 valence electrons. The first-order valence-electron chi connectivity index (χ1n) is 5.82. The predicted octanol–water partition coefficient (Wildman–Crippen LogP) is 4.02. The number of hydrogen-bond donors (Lipinski definition) is 0. The Kier molecular flexibility index (Phi) is 6.16. The molecule has 0 spiro atoms. The van der Waals surface area contributed by atoms with Crippen molar-refractivity contribution in [3.05, 3.63) is 71.8 Å². The highest BCUT2D eigenvalue weighted by atomic mass is 79.9. The molecular formula is C16H15BrO2. The molecule has 0 aliphatic rings. The second-order valence-electron chi connectivity index (χ2n) is 3.90. The zero-order valence-electron chi connectivity index (χ0n) is 10.7. The van der Waals surface area contributed by atoms with Crippen molar-refractivity contribution in [2.24, 2.45) is 0 Å². The first-order valence-corrected chi connectivity index (χ1v) is 6.94. The molecule has 2 nitrogen and oxygen atoms in total. The number of hydrogen-bond acceptors (Lipinski definition) is 2. The Balaban J connectivity index is 2.81. The number of rotatable bonds is 6. The van der Waals surface area contributed by atoms with E-state index in [1.807, 2.05) is 25.1 Å². The van der Waals surface area contributed by atoms with E-state index < -0.39 is 11.6 Å². The number of benzene rings is 1. The van der Waals surface area contributed by atoms with Gasteiger partial charge in [0, 0.05) is 16.5 Å². The fourth-order valence-electron chi connectivity index (χ4n) is 1.38. The molecule has 0 aromatic heterocycles. The van der Waals surface area contributed by atoms with Gasteiger partial charge in [-0.25, -0.2) is 0 Å². The summed E-state index contributed by atoms with van der Waals surface area (Å²) in [5.74, 6) is -1.11. The molecule has 0 unspecified atom stereocenters. The molecule has 0 N–H and O–H groups in total. The lowest BCUT2D eigenvalue weighted by Gasteiger charge is -2.01. The van der Waals surface area contributed by atoms with Crippen LogP contribution in [-0.4, -0.2) is 11.6 Å². The Bertz CT molecular complexity index is 536. The lowest BCUT2D eigenvalue weighted by atomic mass is 10.0. The quantitative estimate of drug-likeness (QED) is 0.261. The van der Waals surface area contributed by atoms with E-state index in [1.54, 1.807) is 24.3 Å². The Morgan fingerprint density at radius 3 is 2.37 bits per heavy atom. The average Bonchev–Trinajstić information content (AvgIpc) is 2.46. The highest BCUT2D eigenvalue weighted by Gasteiger charge is 2.17. The van der Waals surface area contributed by atoms with Crippen LogP contribution in [0.25, 0.3) is 0 Å². The van der Waals surface area contributed by atoms with Gasteiger partial charge in [-0.3, -0.25) is 9.59 Å². The highest BCUT2D eigenvalue weighted by Crippen LogP contribution is 2.10. The van der Waals surface area contributed by atoms with E-state index in [-0.39, 0.29) is 5.57 Å². The molecule has 0 radical (unpaired) electrons. The summed E-state index contributed by atoms with van der Waals surface area (Å²) >= 11 is 3.32. The van der Waals surface area contributed by atoms with Crippen molar-refractivity contribution in [2.75, 3.05) is 0 Å². The first kappa shape index (κ1) is 15.3. The van der Waals surface area contributed by atoms with Crippen molar-refractivity contribution >= 4 is 27.5 Å². The summed E-state index contributed by atoms with van der Waals surface area (Å²) in [6, 6.07) is 6.93. The Hall–Kier alpha value is -1.74. The van der Waals surface area contributed by atoms with Crippen LogP contribution in [0.15, 0.2) is 60.7 Å². The molecule has 0 aliphatic heterocycles. The first-order chi connectivity index (χ1) is 9.10. The van der Waals surface area contributed by atoms with Crippen molar-refractivity contribution in [1.29, 1.82) is 0 Å². The van der Waals surface area contributed by atoms with Gasteiger partial charge in [-0.05, 0) is 12.5 Å². The maximum Gasteiger partial charge on any atom is 0.233 e. The molecule has 0 atom stereocenters. The zero-order valence-corrected chi connectivity index (χ0v) is 12.3. The fourth-order valence-corrected chi connectivity index (χ4v) is 1.75. The number of carbonyl (C=O) groups excluding carboxylic acids is 2. The lowest BCUT2D eigenvalue weighted by Crippen LogP contribution is -2.15. The van der Waals surface area contributed by atoms with Crippen LogP contribution >= 0.6 is 15.9 Å². The van der Waals surface area contributed by atoms with Gasteiger partial charge in [-0.1, -0.05) is 71.1 Å². The van der Waals surface area contributed by atoms with Crippen molar-refractivity contribution in [1.82, 2.24) is 0 Å². The number of Topliss-reactive ketones (excluding diaryl/α,β-unsaturated/α-hetero) is 2. The minimum absolute atomic E-state index is 0.188. The molecule has 0 amide bonds. The second-order valence-corrected chi connectivity index (χ2v) is 4.46. The summed E-state index contributed by atoms with van der Waals surface area (Å²) in [4.78, 5) is 23.8. The summed E-state index contributed by atoms with van der Waals surface area (Å²) in [7, 11) is 0. The third-order valence-electron chi connectivity index (χ3n) is 2.47. The number of allylic oxidation sites excluding steroid dienone is 5. The van der Waals surface area contributed by atoms with Crippen LogP contribution in [0.1, 0.15) is 22.8 Å². The smallest absolute Gasteiger partial charge is 0.233 e. The third-order valence-corrected chi connectivity index (χ3v) is 3.12.